The molecule has 0 saturated carbocycles. The maximum Gasteiger partial charge on any atom is 0.222 e. The van der Waals surface area contributed by atoms with Crippen molar-refractivity contribution in [3.05, 3.63) is 0 Å². The molecule has 0 aromatic heterocycles. The molecule has 3 heteroatoms. The third kappa shape index (κ3) is 4.97. The molecule has 1 heterocycles. The van der Waals surface area contributed by atoms with E-state index >= 15 is 0 Å². The number of piperidine rings is 1. The van der Waals surface area contributed by atoms with E-state index in [1.165, 1.54) is 25.9 Å². The van der Waals surface area contributed by atoms with Gasteiger partial charge in [-0.2, -0.15) is 0 Å². The van der Waals surface area contributed by atoms with Crippen LogP contribution in [-0.2, 0) is 4.79 Å². The zero-order valence-electron chi connectivity index (χ0n) is 12.7. The summed E-state index contributed by atoms with van der Waals surface area (Å²) in [5.41, 5.74) is 0. The number of nitrogens with one attached hydrogen (secondary N) is 1. The highest BCUT2D eigenvalue weighted by atomic mass is 16.1. The second-order valence-electron chi connectivity index (χ2n) is 6.50. The van der Waals surface area contributed by atoms with Crippen molar-refractivity contribution in [3.8, 4) is 0 Å². The Morgan fingerprint density at radius 1 is 1.22 bits per heavy atom. The number of carbonyl (C=O) groups excluding carboxylic acids is 1. The van der Waals surface area contributed by atoms with Crippen LogP contribution in [0.25, 0.3) is 0 Å². The Bertz CT molecular complexity index is 255. The molecule has 1 rings (SSSR count). The molecule has 0 bridgehead atoms. The summed E-state index contributed by atoms with van der Waals surface area (Å²) in [7, 11) is 2.19. The van der Waals surface area contributed by atoms with Gasteiger partial charge in [-0.15, -0.1) is 0 Å². The Hall–Kier alpha value is -0.570. The number of hydrogen-bond donors (Lipinski definition) is 1. The minimum absolute atomic E-state index is 0.0868. The van der Waals surface area contributed by atoms with Crippen LogP contribution in [0.2, 0.25) is 0 Å². The molecule has 1 atom stereocenters. The molecule has 18 heavy (non-hydrogen) atoms. The van der Waals surface area contributed by atoms with Crippen LogP contribution in [0.5, 0.6) is 0 Å². The van der Waals surface area contributed by atoms with E-state index in [2.05, 4.69) is 31.1 Å². The van der Waals surface area contributed by atoms with E-state index in [1.54, 1.807) is 0 Å². The lowest BCUT2D eigenvalue weighted by Gasteiger charge is -2.33. The molecule has 0 unspecified atom stereocenters. The van der Waals surface area contributed by atoms with Gasteiger partial charge in [0.2, 0.25) is 5.91 Å². The van der Waals surface area contributed by atoms with Crippen molar-refractivity contribution in [2.24, 2.45) is 17.8 Å². The number of amides is 1. The molecule has 1 aliphatic rings. The van der Waals surface area contributed by atoms with Crippen molar-refractivity contribution in [2.75, 3.05) is 20.1 Å². The SMILES string of the molecule is CC(C)C(=O)N[C@H](CC1CCN(C)CC1)C(C)C. The quantitative estimate of drug-likeness (QED) is 0.817. The van der Waals surface area contributed by atoms with Gasteiger partial charge in [0.05, 0.1) is 0 Å². The summed E-state index contributed by atoms with van der Waals surface area (Å²) in [5, 5.41) is 3.22. The van der Waals surface area contributed by atoms with Crippen LogP contribution < -0.4 is 5.32 Å². The average molecular weight is 254 g/mol. The van der Waals surface area contributed by atoms with E-state index in [0.29, 0.717) is 12.0 Å². The van der Waals surface area contributed by atoms with Gasteiger partial charge in [0.25, 0.3) is 0 Å². The molecule has 0 aromatic carbocycles. The number of nitrogens with zero attached hydrogens (tertiary/aromatic N) is 1. The first-order valence-corrected chi connectivity index (χ1v) is 7.39. The summed E-state index contributed by atoms with van der Waals surface area (Å²) in [6.45, 7) is 10.7. The molecule has 1 N–H and O–H groups in total. The van der Waals surface area contributed by atoms with Crippen LogP contribution in [0, 0.1) is 17.8 Å². The smallest absolute Gasteiger partial charge is 0.222 e. The van der Waals surface area contributed by atoms with Crippen LogP contribution >= 0.6 is 0 Å². The van der Waals surface area contributed by atoms with E-state index in [0.717, 1.165) is 12.3 Å². The lowest BCUT2D eigenvalue weighted by Crippen LogP contribution is -2.43. The highest BCUT2D eigenvalue weighted by Gasteiger charge is 2.24. The maximum absolute atomic E-state index is 11.8. The average Bonchev–Trinajstić information content (AvgIpc) is 2.30. The van der Waals surface area contributed by atoms with Gasteiger partial charge in [-0.1, -0.05) is 27.7 Å². The van der Waals surface area contributed by atoms with Gasteiger partial charge < -0.3 is 10.2 Å². The molecule has 106 valence electrons. The fourth-order valence-electron chi connectivity index (χ4n) is 2.50. The van der Waals surface area contributed by atoms with E-state index in [9.17, 15) is 4.79 Å². The summed E-state index contributed by atoms with van der Waals surface area (Å²) in [4.78, 5) is 14.2. The zero-order chi connectivity index (χ0) is 13.7. The Morgan fingerprint density at radius 2 is 1.78 bits per heavy atom. The Balaban J connectivity index is 2.45. The van der Waals surface area contributed by atoms with Crippen LogP contribution in [0.15, 0.2) is 0 Å². The molecule has 1 amide bonds. The second-order valence-corrected chi connectivity index (χ2v) is 6.50. The number of rotatable bonds is 5. The summed E-state index contributed by atoms with van der Waals surface area (Å²) in [6, 6.07) is 0.341. The largest absolute Gasteiger partial charge is 0.353 e. The Labute approximate surface area is 112 Å². The van der Waals surface area contributed by atoms with Gasteiger partial charge in [-0.3, -0.25) is 4.79 Å². The van der Waals surface area contributed by atoms with Crippen molar-refractivity contribution >= 4 is 5.91 Å². The van der Waals surface area contributed by atoms with E-state index in [4.69, 9.17) is 0 Å². The monoisotopic (exact) mass is 254 g/mol. The lowest BCUT2D eigenvalue weighted by molar-refractivity contribution is -0.125. The lowest BCUT2D eigenvalue weighted by atomic mass is 9.86. The van der Waals surface area contributed by atoms with Crippen LogP contribution in [0.4, 0.5) is 0 Å². The standard InChI is InChI=1S/C15H30N2O/c1-11(2)14(16-15(18)12(3)4)10-13-6-8-17(5)9-7-13/h11-14H,6-10H2,1-5H3,(H,16,18)/t14-/m1/s1. The Morgan fingerprint density at radius 3 is 2.22 bits per heavy atom. The van der Waals surface area contributed by atoms with Gasteiger partial charge in [0.15, 0.2) is 0 Å². The summed E-state index contributed by atoms with van der Waals surface area (Å²) in [6.07, 6.45) is 3.69. The fourth-order valence-corrected chi connectivity index (χ4v) is 2.50. The maximum atomic E-state index is 11.8. The molecule has 0 aromatic rings. The first-order valence-electron chi connectivity index (χ1n) is 7.39. The van der Waals surface area contributed by atoms with Gasteiger partial charge >= 0.3 is 0 Å². The minimum Gasteiger partial charge on any atom is -0.353 e. The van der Waals surface area contributed by atoms with Crippen LogP contribution in [-0.4, -0.2) is 37.0 Å². The topological polar surface area (TPSA) is 32.3 Å². The molecule has 1 fully saturated rings. The predicted molar refractivity (Wildman–Crippen MR) is 76.4 cm³/mol. The summed E-state index contributed by atoms with van der Waals surface area (Å²) >= 11 is 0. The van der Waals surface area contributed by atoms with E-state index in [-0.39, 0.29) is 11.8 Å². The first-order chi connectivity index (χ1) is 8.40. The molecule has 1 saturated heterocycles. The van der Waals surface area contributed by atoms with E-state index in [1.807, 2.05) is 13.8 Å². The van der Waals surface area contributed by atoms with Crippen LogP contribution in [0.1, 0.15) is 47.0 Å². The molecular formula is C15H30N2O. The van der Waals surface area contributed by atoms with Crippen molar-refractivity contribution in [1.29, 1.82) is 0 Å². The Kier molecular flexibility index (Phi) is 6.13. The first kappa shape index (κ1) is 15.5. The zero-order valence-corrected chi connectivity index (χ0v) is 12.7. The van der Waals surface area contributed by atoms with Crippen molar-refractivity contribution in [3.63, 3.8) is 0 Å². The molecular weight excluding hydrogens is 224 g/mol. The van der Waals surface area contributed by atoms with Crippen molar-refractivity contribution in [1.82, 2.24) is 10.2 Å². The predicted octanol–water partition coefficient (Wildman–Crippen LogP) is 2.52. The van der Waals surface area contributed by atoms with Gasteiger partial charge in [-0.05, 0) is 51.2 Å². The third-order valence-electron chi connectivity index (χ3n) is 4.08. The molecule has 0 spiro atoms. The van der Waals surface area contributed by atoms with Gasteiger partial charge in [0, 0.05) is 12.0 Å². The molecule has 1 aliphatic heterocycles. The molecule has 3 nitrogen and oxygen atoms in total. The normalized spacial score (nSPS) is 20.4. The highest BCUT2D eigenvalue weighted by molar-refractivity contribution is 5.78. The number of likely N-dealkylation sites (tertiary alicyclic amines) is 1. The highest BCUT2D eigenvalue weighted by Crippen LogP contribution is 2.23. The van der Waals surface area contributed by atoms with Gasteiger partial charge in [0.1, 0.15) is 0 Å². The van der Waals surface area contributed by atoms with Gasteiger partial charge in [-0.25, -0.2) is 0 Å². The summed E-state index contributed by atoms with van der Waals surface area (Å²) in [5.74, 6) is 1.58. The summed E-state index contributed by atoms with van der Waals surface area (Å²) < 4.78 is 0. The molecule has 0 radical (unpaired) electrons. The molecule has 0 aliphatic carbocycles. The number of carbonyl (C=O) groups is 1. The van der Waals surface area contributed by atoms with Crippen molar-refractivity contribution in [2.45, 2.75) is 53.0 Å². The number of hydrogen-bond acceptors (Lipinski definition) is 2. The third-order valence-corrected chi connectivity index (χ3v) is 4.08. The van der Waals surface area contributed by atoms with Crippen LogP contribution in [0.3, 0.4) is 0 Å². The fraction of sp³-hybridized carbons (Fsp3) is 0.933. The van der Waals surface area contributed by atoms with Crippen molar-refractivity contribution < 1.29 is 4.79 Å². The second kappa shape index (κ2) is 7.13. The van der Waals surface area contributed by atoms with E-state index < -0.39 is 0 Å². The minimum atomic E-state index is 0.0868.